The molecule has 0 aliphatic carbocycles. The summed E-state index contributed by atoms with van der Waals surface area (Å²) < 4.78 is 92.5. The predicted octanol–water partition coefficient (Wildman–Crippen LogP) is 5.69. The number of benzene rings is 2. The van der Waals surface area contributed by atoms with Crippen molar-refractivity contribution in [1.29, 1.82) is 0 Å². The summed E-state index contributed by atoms with van der Waals surface area (Å²) >= 11 is 4.81. The second-order valence-corrected chi connectivity index (χ2v) is 5.74. The molecule has 0 bridgehead atoms. The van der Waals surface area contributed by atoms with Crippen LogP contribution in [0, 0.1) is 37.1 Å². The summed E-state index contributed by atoms with van der Waals surface area (Å²) in [7, 11) is 0. The van der Waals surface area contributed by atoms with E-state index < -0.39 is 45.8 Å². The van der Waals surface area contributed by atoms with Gasteiger partial charge in [0, 0.05) is 5.69 Å². The van der Waals surface area contributed by atoms with Crippen molar-refractivity contribution in [3.05, 3.63) is 58.2 Å². The molecule has 0 saturated heterocycles. The lowest BCUT2D eigenvalue weighted by atomic mass is 10.1. The molecular weight excluding hydrogens is 385 g/mol. The SMILES string of the molecule is Cc1cccc(NC(=S)Nc2c(F)c(F)c(C(F)(F)F)c(F)c2F)c1C. The van der Waals surface area contributed by atoms with E-state index in [0.717, 1.165) is 11.1 Å². The highest BCUT2D eigenvalue weighted by atomic mass is 32.1. The first-order valence-corrected chi connectivity index (χ1v) is 7.43. The molecule has 0 atom stereocenters. The van der Waals surface area contributed by atoms with Crippen LogP contribution in [0.15, 0.2) is 18.2 Å². The first-order valence-electron chi connectivity index (χ1n) is 7.02. The van der Waals surface area contributed by atoms with Gasteiger partial charge in [0.15, 0.2) is 28.4 Å². The lowest BCUT2D eigenvalue weighted by Crippen LogP contribution is -2.24. The van der Waals surface area contributed by atoms with E-state index >= 15 is 0 Å². The average molecular weight is 396 g/mol. The van der Waals surface area contributed by atoms with Gasteiger partial charge in [-0.3, -0.25) is 0 Å². The number of alkyl halides is 3. The molecule has 2 rings (SSSR count). The quantitative estimate of drug-likeness (QED) is 0.388. The lowest BCUT2D eigenvalue weighted by Gasteiger charge is -2.17. The van der Waals surface area contributed by atoms with E-state index in [1.807, 2.05) is 5.32 Å². The van der Waals surface area contributed by atoms with Crippen molar-refractivity contribution >= 4 is 28.7 Å². The van der Waals surface area contributed by atoms with E-state index in [1.54, 1.807) is 32.0 Å². The van der Waals surface area contributed by atoms with Crippen molar-refractivity contribution < 1.29 is 30.7 Å². The highest BCUT2D eigenvalue weighted by molar-refractivity contribution is 7.80. The number of halogens is 7. The molecule has 0 saturated carbocycles. The van der Waals surface area contributed by atoms with Crippen LogP contribution in [0.25, 0.3) is 0 Å². The molecule has 0 spiro atoms. The molecular formula is C16H11F7N2S. The fraction of sp³-hybridized carbons (Fsp3) is 0.188. The Labute approximate surface area is 149 Å². The third kappa shape index (κ3) is 3.74. The zero-order valence-corrected chi connectivity index (χ0v) is 14.1. The van der Waals surface area contributed by atoms with E-state index in [2.05, 4.69) is 5.32 Å². The Morgan fingerprint density at radius 3 is 1.92 bits per heavy atom. The molecule has 10 heteroatoms. The first-order chi connectivity index (χ1) is 11.9. The largest absolute Gasteiger partial charge is 0.422 e. The summed E-state index contributed by atoms with van der Waals surface area (Å²) in [4.78, 5) is 0. The number of hydrogen-bond donors (Lipinski definition) is 2. The minimum Gasteiger partial charge on any atom is -0.332 e. The van der Waals surface area contributed by atoms with Crippen LogP contribution in [0.4, 0.5) is 42.1 Å². The highest BCUT2D eigenvalue weighted by Crippen LogP contribution is 2.38. The predicted molar refractivity (Wildman–Crippen MR) is 87.0 cm³/mol. The third-order valence-electron chi connectivity index (χ3n) is 3.64. The standard InChI is InChI=1S/C16H11F7N2S/c1-6-4-3-5-8(7(6)2)24-15(26)25-14-12(19)10(17)9(16(21,22)23)11(18)13(14)20/h3-5H,1-2H3,(H2,24,25,26). The van der Waals surface area contributed by atoms with Gasteiger partial charge in [-0.2, -0.15) is 13.2 Å². The summed E-state index contributed by atoms with van der Waals surface area (Å²) in [5.74, 6) is -9.59. The minimum absolute atomic E-state index is 0.441. The Kier molecular flexibility index (Phi) is 5.45. The van der Waals surface area contributed by atoms with Crippen molar-refractivity contribution in [2.24, 2.45) is 0 Å². The van der Waals surface area contributed by atoms with Gasteiger partial charge in [-0.25, -0.2) is 17.6 Å². The van der Waals surface area contributed by atoms with Crippen LogP contribution < -0.4 is 10.6 Å². The zero-order valence-electron chi connectivity index (χ0n) is 13.3. The van der Waals surface area contributed by atoms with Gasteiger partial charge < -0.3 is 10.6 Å². The normalized spacial score (nSPS) is 11.4. The Morgan fingerprint density at radius 2 is 1.42 bits per heavy atom. The summed E-state index contributed by atoms with van der Waals surface area (Å²) in [5.41, 5.74) is -2.07. The topological polar surface area (TPSA) is 24.1 Å². The summed E-state index contributed by atoms with van der Waals surface area (Å²) in [5, 5.41) is 3.95. The Morgan fingerprint density at radius 1 is 0.885 bits per heavy atom. The first kappa shape index (κ1) is 20.0. The molecule has 0 amide bonds. The van der Waals surface area contributed by atoms with Crippen LogP contribution in [0.1, 0.15) is 16.7 Å². The molecule has 2 N–H and O–H groups in total. The van der Waals surface area contributed by atoms with E-state index in [9.17, 15) is 30.7 Å². The second kappa shape index (κ2) is 7.10. The monoisotopic (exact) mass is 396 g/mol. The molecule has 2 nitrogen and oxygen atoms in total. The van der Waals surface area contributed by atoms with Gasteiger partial charge in [-0.1, -0.05) is 12.1 Å². The van der Waals surface area contributed by atoms with E-state index in [4.69, 9.17) is 12.2 Å². The van der Waals surface area contributed by atoms with E-state index in [-0.39, 0.29) is 0 Å². The van der Waals surface area contributed by atoms with Crippen LogP contribution in [0.5, 0.6) is 0 Å². The number of hydrogen-bond acceptors (Lipinski definition) is 1. The van der Waals surface area contributed by atoms with Gasteiger partial charge in [0.1, 0.15) is 11.3 Å². The molecule has 0 radical (unpaired) electrons. The number of aryl methyl sites for hydroxylation is 1. The minimum atomic E-state index is -5.61. The number of anilines is 2. The number of rotatable bonds is 2. The summed E-state index contributed by atoms with van der Waals surface area (Å²) in [6, 6.07) is 5.03. The van der Waals surface area contributed by atoms with E-state index in [1.165, 1.54) is 0 Å². The highest BCUT2D eigenvalue weighted by Gasteiger charge is 2.42. The second-order valence-electron chi connectivity index (χ2n) is 5.33. The Bertz CT molecular complexity index is 849. The van der Waals surface area contributed by atoms with Crippen LogP contribution >= 0.6 is 12.2 Å². The number of thiocarbonyl (C=S) groups is 1. The number of nitrogens with one attached hydrogen (secondary N) is 2. The molecule has 0 aliphatic heterocycles. The third-order valence-corrected chi connectivity index (χ3v) is 3.84. The van der Waals surface area contributed by atoms with Gasteiger partial charge in [-0.15, -0.1) is 0 Å². The van der Waals surface area contributed by atoms with E-state index in [0.29, 0.717) is 5.69 Å². The fourth-order valence-corrected chi connectivity index (χ4v) is 2.36. The van der Waals surface area contributed by atoms with Crippen molar-refractivity contribution in [3.8, 4) is 0 Å². The molecule has 140 valence electrons. The van der Waals surface area contributed by atoms with Gasteiger partial charge in [0.25, 0.3) is 0 Å². The van der Waals surface area contributed by atoms with Crippen molar-refractivity contribution in [3.63, 3.8) is 0 Å². The van der Waals surface area contributed by atoms with Crippen molar-refractivity contribution in [2.45, 2.75) is 20.0 Å². The molecule has 0 heterocycles. The van der Waals surface area contributed by atoms with Crippen LogP contribution in [0.3, 0.4) is 0 Å². The maximum atomic E-state index is 13.8. The molecule has 0 fully saturated rings. The maximum absolute atomic E-state index is 13.8. The van der Waals surface area contributed by atoms with Gasteiger partial charge in [0.05, 0.1) is 0 Å². The van der Waals surface area contributed by atoms with Gasteiger partial charge in [0.2, 0.25) is 0 Å². The Balaban J connectivity index is 2.38. The van der Waals surface area contributed by atoms with Gasteiger partial charge in [-0.05, 0) is 43.3 Å². The zero-order chi connectivity index (χ0) is 19.8. The fourth-order valence-electron chi connectivity index (χ4n) is 2.14. The summed E-state index contributed by atoms with van der Waals surface area (Å²) in [6.45, 7) is 3.51. The van der Waals surface area contributed by atoms with Gasteiger partial charge >= 0.3 is 6.18 Å². The molecule has 0 aromatic heterocycles. The molecule has 0 unspecified atom stereocenters. The smallest absolute Gasteiger partial charge is 0.332 e. The molecule has 2 aromatic carbocycles. The molecule has 26 heavy (non-hydrogen) atoms. The van der Waals surface area contributed by atoms with Crippen LogP contribution in [-0.4, -0.2) is 5.11 Å². The van der Waals surface area contributed by atoms with Crippen molar-refractivity contribution in [2.75, 3.05) is 10.6 Å². The molecule has 0 aliphatic rings. The maximum Gasteiger partial charge on any atom is 0.422 e. The summed E-state index contributed by atoms with van der Waals surface area (Å²) in [6.07, 6.45) is -5.61. The van der Waals surface area contributed by atoms with Crippen LogP contribution in [-0.2, 0) is 6.18 Å². The lowest BCUT2D eigenvalue weighted by molar-refractivity contribution is -0.143. The van der Waals surface area contributed by atoms with Crippen LogP contribution in [0.2, 0.25) is 0 Å². The Hall–Kier alpha value is -2.36. The van der Waals surface area contributed by atoms with Crippen molar-refractivity contribution in [1.82, 2.24) is 0 Å². The molecule has 2 aromatic rings. The average Bonchev–Trinajstić information content (AvgIpc) is 2.53.